The normalized spacial score (nSPS) is 10.5. The highest BCUT2D eigenvalue weighted by Gasteiger charge is 2.11. The molecule has 0 spiro atoms. The minimum Gasteiger partial charge on any atom is -0.490 e. The fourth-order valence-corrected chi connectivity index (χ4v) is 3.21. The average molecular weight is 419 g/mol. The minimum atomic E-state index is -0.209. The van der Waals surface area contributed by atoms with E-state index < -0.39 is 0 Å². The van der Waals surface area contributed by atoms with Gasteiger partial charge in [0, 0.05) is 17.9 Å². The number of nitrogens with one attached hydrogen (secondary N) is 2. The van der Waals surface area contributed by atoms with Gasteiger partial charge in [-0.3, -0.25) is 4.79 Å². The standard InChI is InChI=1S/C26H30N2O3/c1-5-30-25-15-21(16-27-22-10-6-18(2)7-11-22)9-13-24(25)31-17-26(29)28-23-12-8-19(3)14-20(23)4/h6-15,27H,5,16-17H2,1-4H3,(H,28,29). The molecule has 0 atom stereocenters. The molecule has 3 aromatic rings. The maximum Gasteiger partial charge on any atom is 0.262 e. The minimum absolute atomic E-state index is 0.0889. The molecule has 0 saturated carbocycles. The third-order valence-corrected chi connectivity index (χ3v) is 4.87. The van der Waals surface area contributed by atoms with Gasteiger partial charge in [-0.1, -0.05) is 41.5 Å². The lowest BCUT2D eigenvalue weighted by molar-refractivity contribution is -0.118. The highest BCUT2D eigenvalue weighted by atomic mass is 16.5. The first-order valence-corrected chi connectivity index (χ1v) is 10.5. The summed E-state index contributed by atoms with van der Waals surface area (Å²) in [7, 11) is 0. The molecule has 5 nitrogen and oxygen atoms in total. The predicted molar refractivity (Wildman–Crippen MR) is 126 cm³/mol. The summed E-state index contributed by atoms with van der Waals surface area (Å²) in [4.78, 5) is 12.4. The summed E-state index contributed by atoms with van der Waals surface area (Å²) in [5.74, 6) is 0.973. The van der Waals surface area contributed by atoms with Crippen LogP contribution in [-0.2, 0) is 11.3 Å². The molecule has 162 valence electrons. The topological polar surface area (TPSA) is 59.6 Å². The third-order valence-electron chi connectivity index (χ3n) is 4.87. The van der Waals surface area contributed by atoms with Crippen molar-refractivity contribution in [3.63, 3.8) is 0 Å². The van der Waals surface area contributed by atoms with Gasteiger partial charge in [0.2, 0.25) is 0 Å². The van der Waals surface area contributed by atoms with Crippen LogP contribution >= 0.6 is 0 Å². The molecular formula is C26H30N2O3. The van der Waals surface area contributed by atoms with Gasteiger partial charge in [0.15, 0.2) is 18.1 Å². The molecule has 5 heteroatoms. The zero-order valence-corrected chi connectivity index (χ0v) is 18.6. The number of benzene rings is 3. The molecule has 3 aromatic carbocycles. The number of rotatable bonds is 9. The molecular weight excluding hydrogens is 388 g/mol. The van der Waals surface area contributed by atoms with Gasteiger partial charge in [-0.2, -0.15) is 0 Å². The Kier molecular flexibility index (Phi) is 7.55. The molecule has 0 bridgehead atoms. The van der Waals surface area contributed by atoms with E-state index in [2.05, 4.69) is 41.8 Å². The van der Waals surface area contributed by atoms with Gasteiger partial charge >= 0.3 is 0 Å². The van der Waals surface area contributed by atoms with Crippen LogP contribution in [-0.4, -0.2) is 19.1 Å². The number of carbonyl (C=O) groups is 1. The van der Waals surface area contributed by atoms with E-state index in [0.29, 0.717) is 24.7 Å². The largest absolute Gasteiger partial charge is 0.490 e. The quantitative estimate of drug-likeness (QED) is 0.472. The van der Waals surface area contributed by atoms with E-state index in [1.54, 1.807) is 0 Å². The molecule has 0 aliphatic rings. The number of anilines is 2. The van der Waals surface area contributed by atoms with Crippen molar-refractivity contribution in [2.75, 3.05) is 23.8 Å². The van der Waals surface area contributed by atoms with Crippen molar-refractivity contribution >= 4 is 17.3 Å². The van der Waals surface area contributed by atoms with Crippen LogP contribution in [0.5, 0.6) is 11.5 Å². The van der Waals surface area contributed by atoms with Gasteiger partial charge < -0.3 is 20.1 Å². The molecule has 31 heavy (non-hydrogen) atoms. The summed E-state index contributed by atoms with van der Waals surface area (Å²) < 4.78 is 11.5. The maximum absolute atomic E-state index is 12.4. The van der Waals surface area contributed by atoms with Gasteiger partial charge in [-0.05, 0) is 69.2 Å². The first-order chi connectivity index (χ1) is 14.9. The Morgan fingerprint density at radius 2 is 1.58 bits per heavy atom. The Labute approximate surface area is 184 Å². The molecule has 3 rings (SSSR count). The van der Waals surface area contributed by atoms with Gasteiger partial charge in [-0.15, -0.1) is 0 Å². The smallest absolute Gasteiger partial charge is 0.262 e. The van der Waals surface area contributed by atoms with Gasteiger partial charge in [0.05, 0.1) is 6.61 Å². The number of aryl methyl sites for hydroxylation is 3. The second-order valence-electron chi connectivity index (χ2n) is 7.59. The van der Waals surface area contributed by atoms with Crippen molar-refractivity contribution in [1.29, 1.82) is 0 Å². The van der Waals surface area contributed by atoms with Gasteiger partial charge in [0.25, 0.3) is 5.91 Å². The van der Waals surface area contributed by atoms with E-state index in [1.165, 1.54) is 5.56 Å². The van der Waals surface area contributed by atoms with E-state index in [9.17, 15) is 4.79 Å². The van der Waals surface area contributed by atoms with Crippen LogP contribution < -0.4 is 20.1 Å². The zero-order valence-electron chi connectivity index (χ0n) is 18.6. The Morgan fingerprint density at radius 1 is 0.839 bits per heavy atom. The molecule has 0 heterocycles. The summed E-state index contributed by atoms with van der Waals surface area (Å²) in [6.45, 7) is 9.08. The zero-order chi connectivity index (χ0) is 22.2. The summed E-state index contributed by atoms with van der Waals surface area (Å²) in [6, 6.07) is 20.0. The van der Waals surface area contributed by atoms with Gasteiger partial charge in [-0.25, -0.2) is 0 Å². The SMILES string of the molecule is CCOc1cc(CNc2ccc(C)cc2)ccc1OCC(=O)Nc1ccc(C)cc1C. The predicted octanol–water partition coefficient (Wildman–Crippen LogP) is 5.64. The van der Waals surface area contributed by atoms with E-state index in [0.717, 1.165) is 28.1 Å². The fraction of sp³-hybridized carbons (Fsp3) is 0.269. The van der Waals surface area contributed by atoms with E-state index in [-0.39, 0.29) is 12.5 Å². The van der Waals surface area contributed by atoms with Crippen LogP contribution in [0.25, 0.3) is 0 Å². The van der Waals surface area contributed by atoms with E-state index in [1.807, 2.05) is 57.2 Å². The molecule has 0 fully saturated rings. The number of ether oxygens (including phenoxy) is 2. The molecule has 2 N–H and O–H groups in total. The summed E-state index contributed by atoms with van der Waals surface area (Å²) in [5, 5.41) is 6.30. The number of amides is 1. The highest BCUT2D eigenvalue weighted by molar-refractivity contribution is 5.92. The Balaban J connectivity index is 1.60. The first kappa shape index (κ1) is 22.2. The second-order valence-corrected chi connectivity index (χ2v) is 7.59. The van der Waals surface area contributed by atoms with Crippen LogP contribution in [0, 0.1) is 20.8 Å². The van der Waals surface area contributed by atoms with Crippen LogP contribution in [0.2, 0.25) is 0 Å². The number of carbonyl (C=O) groups excluding carboxylic acids is 1. The molecule has 0 saturated heterocycles. The van der Waals surface area contributed by atoms with Crippen LogP contribution in [0.1, 0.15) is 29.2 Å². The van der Waals surface area contributed by atoms with Crippen LogP contribution in [0.3, 0.4) is 0 Å². The van der Waals surface area contributed by atoms with Crippen LogP contribution in [0.15, 0.2) is 60.7 Å². The van der Waals surface area contributed by atoms with Crippen molar-refractivity contribution in [3.8, 4) is 11.5 Å². The number of hydrogen-bond donors (Lipinski definition) is 2. The lowest BCUT2D eigenvalue weighted by Crippen LogP contribution is -2.21. The molecule has 0 radical (unpaired) electrons. The molecule has 0 unspecified atom stereocenters. The Morgan fingerprint density at radius 3 is 2.29 bits per heavy atom. The maximum atomic E-state index is 12.4. The summed E-state index contributed by atoms with van der Waals surface area (Å²) >= 11 is 0. The van der Waals surface area contributed by atoms with Crippen molar-refractivity contribution in [2.24, 2.45) is 0 Å². The molecule has 0 aliphatic carbocycles. The Hall–Kier alpha value is -3.47. The summed E-state index contributed by atoms with van der Waals surface area (Å²) in [6.07, 6.45) is 0. The molecule has 1 amide bonds. The average Bonchev–Trinajstić information content (AvgIpc) is 2.75. The van der Waals surface area contributed by atoms with E-state index in [4.69, 9.17) is 9.47 Å². The van der Waals surface area contributed by atoms with Gasteiger partial charge in [0.1, 0.15) is 0 Å². The Bertz CT molecular complexity index is 1030. The highest BCUT2D eigenvalue weighted by Crippen LogP contribution is 2.29. The monoisotopic (exact) mass is 418 g/mol. The lowest BCUT2D eigenvalue weighted by Gasteiger charge is -2.15. The third kappa shape index (κ3) is 6.51. The fourth-order valence-electron chi connectivity index (χ4n) is 3.21. The second kappa shape index (κ2) is 10.5. The van der Waals surface area contributed by atoms with Crippen molar-refractivity contribution in [3.05, 3.63) is 82.9 Å². The van der Waals surface area contributed by atoms with Crippen molar-refractivity contribution in [1.82, 2.24) is 0 Å². The molecule has 0 aromatic heterocycles. The first-order valence-electron chi connectivity index (χ1n) is 10.5. The van der Waals surface area contributed by atoms with Crippen LogP contribution in [0.4, 0.5) is 11.4 Å². The van der Waals surface area contributed by atoms with E-state index >= 15 is 0 Å². The number of hydrogen-bond acceptors (Lipinski definition) is 4. The lowest BCUT2D eigenvalue weighted by atomic mass is 10.1. The molecule has 0 aliphatic heterocycles. The van der Waals surface area contributed by atoms with Crippen molar-refractivity contribution < 1.29 is 14.3 Å². The summed E-state index contributed by atoms with van der Waals surface area (Å²) in [5.41, 5.74) is 6.33. The van der Waals surface area contributed by atoms with Crippen molar-refractivity contribution in [2.45, 2.75) is 34.2 Å².